The number of benzene rings is 2. The summed E-state index contributed by atoms with van der Waals surface area (Å²) in [5, 5.41) is 2.61. The van der Waals surface area contributed by atoms with Crippen molar-refractivity contribution in [1.29, 1.82) is 0 Å². The normalized spacial score (nSPS) is 15.0. The molecule has 1 amide bonds. The van der Waals surface area contributed by atoms with Crippen LogP contribution in [0.3, 0.4) is 0 Å². The molecular formula is C21H25F2N3O4S. The molecule has 2 aromatic carbocycles. The monoisotopic (exact) mass is 453 g/mol. The standard InChI is InChI=1S/C21H25F2N3O4S/c22-17-2-6-19(7-3-17)25-11-13-26(14-12-25)31(28,29)15-1-10-24-21(27)16-30-20-8-4-18(23)5-9-20/h2-9H,1,10-16H2,(H,24,27). The molecule has 1 aliphatic rings. The van der Waals surface area contributed by atoms with Crippen molar-refractivity contribution in [3.63, 3.8) is 0 Å². The third-order valence-corrected chi connectivity index (χ3v) is 6.87. The van der Waals surface area contributed by atoms with E-state index in [1.54, 1.807) is 12.1 Å². The van der Waals surface area contributed by atoms with Gasteiger partial charge in [0.1, 0.15) is 17.4 Å². The molecule has 0 aromatic heterocycles. The Morgan fingerprint density at radius 3 is 2.13 bits per heavy atom. The zero-order chi connectivity index (χ0) is 22.3. The molecular weight excluding hydrogens is 428 g/mol. The molecule has 0 aliphatic carbocycles. The SMILES string of the molecule is O=C(COc1ccc(F)cc1)NCCCS(=O)(=O)N1CCN(c2ccc(F)cc2)CC1. The van der Waals surface area contributed by atoms with Crippen LogP contribution in [0, 0.1) is 11.6 Å². The largest absolute Gasteiger partial charge is 0.484 e. The van der Waals surface area contributed by atoms with Crippen LogP contribution in [0.2, 0.25) is 0 Å². The highest BCUT2D eigenvalue weighted by Gasteiger charge is 2.26. The lowest BCUT2D eigenvalue weighted by Gasteiger charge is -2.35. The van der Waals surface area contributed by atoms with Gasteiger partial charge in [0.05, 0.1) is 5.75 Å². The Balaban J connectivity index is 1.35. The fourth-order valence-electron chi connectivity index (χ4n) is 3.22. The van der Waals surface area contributed by atoms with Gasteiger partial charge in [-0.15, -0.1) is 0 Å². The zero-order valence-electron chi connectivity index (χ0n) is 17.0. The van der Waals surface area contributed by atoms with Crippen LogP contribution in [-0.4, -0.2) is 63.7 Å². The van der Waals surface area contributed by atoms with Gasteiger partial charge in [-0.3, -0.25) is 4.79 Å². The molecule has 3 rings (SSSR count). The summed E-state index contributed by atoms with van der Waals surface area (Å²) in [6, 6.07) is 11.4. The van der Waals surface area contributed by atoms with Gasteiger partial charge in [-0.1, -0.05) is 0 Å². The third-order valence-electron chi connectivity index (χ3n) is 4.91. The molecule has 1 saturated heterocycles. The molecule has 7 nitrogen and oxygen atoms in total. The Labute approximate surface area is 180 Å². The van der Waals surface area contributed by atoms with Gasteiger partial charge in [0.15, 0.2) is 6.61 Å². The molecule has 0 unspecified atom stereocenters. The Morgan fingerprint density at radius 1 is 0.935 bits per heavy atom. The number of sulfonamides is 1. The van der Waals surface area contributed by atoms with Crippen LogP contribution >= 0.6 is 0 Å². The Kier molecular flexibility index (Phi) is 7.80. The number of hydrogen-bond donors (Lipinski definition) is 1. The molecule has 0 spiro atoms. The number of piperazine rings is 1. The number of halogens is 2. The van der Waals surface area contributed by atoms with Gasteiger partial charge >= 0.3 is 0 Å². The molecule has 0 atom stereocenters. The van der Waals surface area contributed by atoms with Crippen molar-refractivity contribution in [1.82, 2.24) is 9.62 Å². The first-order valence-corrected chi connectivity index (χ1v) is 11.6. The molecule has 1 aliphatic heterocycles. The minimum Gasteiger partial charge on any atom is -0.484 e. The fourth-order valence-corrected chi connectivity index (χ4v) is 4.71. The van der Waals surface area contributed by atoms with Gasteiger partial charge in [0.25, 0.3) is 5.91 Å². The van der Waals surface area contributed by atoms with Gasteiger partial charge in [-0.25, -0.2) is 17.2 Å². The number of nitrogens with zero attached hydrogens (tertiary/aromatic N) is 2. The van der Waals surface area contributed by atoms with Gasteiger partial charge in [0, 0.05) is 38.4 Å². The number of amides is 1. The van der Waals surface area contributed by atoms with E-state index >= 15 is 0 Å². The average molecular weight is 454 g/mol. The van der Waals surface area contributed by atoms with E-state index in [0.717, 1.165) is 5.69 Å². The summed E-state index contributed by atoms with van der Waals surface area (Å²) in [7, 11) is -3.42. The third kappa shape index (κ3) is 6.90. The quantitative estimate of drug-likeness (QED) is 0.588. The van der Waals surface area contributed by atoms with E-state index in [-0.39, 0.29) is 37.0 Å². The summed E-state index contributed by atoms with van der Waals surface area (Å²) in [5.74, 6) is -0.773. The summed E-state index contributed by atoms with van der Waals surface area (Å²) in [5.41, 5.74) is 0.865. The van der Waals surface area contributed by atoms with E-state index in [1.165, 1.54) is 40.7 Å². The van der Waals surface area contributed by atoms with Crippen LogP contribution in [0.4, 0.5) is 14.5 Å². The van der Waals surface area contributed by atoms with Crippen molar-refractivity contribution in [3.8, 4) is 5.75 Å². The van der Waals surface area contributed by atoms with E-state index in [1.807, 2.05) is 4.90 Å². The highest BCUT2D eigenvalue weighted by atomic mass is 32.2. The molecule has 2 aromatic rings. The summed E-state index contributed by atoms with van der Waals surface area (Å²) >= 11 is 0. The van der Waals surface area contributed by atoms with Crippen molar-refractivity contribution in [2.24, 2.45) is 0 Å². The molecule has 0 bridgehead atoms. The number of rotatable bonds is 9. The lowest BCUT2D eigenvalue weighted by atomic mass is 10.2. The van der Waals surface area contributed by atoms with Gasteiger partial charge in [-0.05, 0) is 55.0 Å². The number of carbonyl (C=O) groups is 1. The number of nitrogens with one attached hydrogen (secondary N) is 1. The maximum atomic E-state index is 13.1. The average Bonchev–Trinajstić information content (AvgIpc) is 2.77. The number of anilines is 1. The summed E-state index contributed by atoms with van der Waals surface area (Å²) in [4.78, 5) is 13.8. The van der Waals surface area contributed by atoms with Crippen LogP contribution in [0.5, 0.6) is 5.75 Å². The van der Waals surface area contributed by atoms with Gasteiger partial charge in [0.2, 0.25) is 10.0 Å². The van der Waals surface area contributed by atoms with Crippen molar-refractivity contribution < 1.29 is 26.7 Å². The fraction of sp³-hybridized carbons (Fsp3) is 0.381. The molecule has 31 heavy (non-hydrogen) atoms. The number of carbonyl (C=O) groups excluding carboxylic acids is 1. The predicted molar refractivity (Wildman–Crippen MR) is 113 cm³/mol. The van der Waals surface area contributed by atoms with E-state index in [2.05, 4.69) is 5.32 Å². The molecule has 1 fully saturated rings. The first-order valence-electron chi connectivity index (χ1n) is 9.97. The Morgan fingerprint density at radius 2 is 1.52 bits per heavy atom. The van der Waals surface area contributed by atoms with E-state index < -0.39 is 15.8 Å². The van der Waals surface area contributed by atoms with Gasteiger partial charge < -0.3 is 15.0 Å². The second-order valence-corrected chi connectivity index (χ2v) is 9.21. The summed E-state index contributed by atoms with van der Waals surface area (Å²) < 4.78 is 57.7. The maximum Gasteiger partial charge on any atom is 0.257 e. The van der Waals surface area contributed by atoms with E-state index in [9.17, 15) is 22.0 Å². The lowest BCUT2D eigenvalue weighted by molar-refractivity contribution is -0.123. The second-order valence-electron chi connectivity index (χ2n) is 7.12. The van der Waals surface area contributed by atoms with Crippen LogP contribution in [0.1, 0.15) is 6.42 Å². The van der Waals surface area contributed by atoms with Crippen molar-refractivity contribution in [2.45, 2.75) is 6.42 Å². The van der Waals surface area contributed by atoms with E-state index in [0.29, 0.717) is 31.9 Å². The molecule has 168 valence electrons. The Bertz CT molecular complexity index is 961. The molecule has 1 heterocycles. The maximum absolute atomic E-state index is 13.1. The highest BCUT2D eigenvalue weighted by Crippen LogP contribution is 2.18. The second kappa shape index (κ2) is 10.5. The zero-order valence-corrected chi connectivity index (χ0v) is 17.8. The smallest absolute Gasteiger partial charge is 0.257 e. The first kappa shape index (κ1) is 23.0. The van der Waals surface area contributed by atoms with Crippen molar-refractivity contribution in [3.05, 3.63) is 60.2 Å². The molecule has 10 heteroatoms. The number of hydrogen-bond acceptors (Lipinski definition) is 5. The minimum atomic E-state index is -3.42. The number of ether oxygens (including phenoxy) is 1. The lowest BCUT2D eigenvalue weighted by Crippen LogP contribution is -2.49. The molecule has 0 radical (unpaired) electrons. The summed E-state index contributed by atoms with van der Waals surface area (Å²) in [6.45, 7) is 1.75. The van der Waals surface area contributed by atoms with Gasteiger partial charge in [-0.2, -0.15) is 4.31 Å². The Hall–Kier alpha value is -2.72. The highest BCUT2D eigenvalue weighted by molar-refractivity contribution is 7.89. The first-order chi connectivity index (χ1) is 14.8. The topological polar surface area (TPSA) is 78.9 Å². The van der Waals surface area contributed by atoms with Crippen molar-refractivity contribution in [2.75, 3.05) is 50.0 Å². The summed E-state index contributed by atoms with van der Waals surface area (Å²) in [6.07, 6.45) is 0.281. The molecule has 0 saturated carbocycles. The van der Waals surface area contributed by atoms with Crippen LogP contribution in [0.25, 0.3) is 0 Å². The van der Waals surface area contributed by atoms with Crippen LogP contribution in [-0.2, 0) is 14.8 Å². The molecule has 1 N–H and O–H groups in total. The van der Waals surface area contributed by atoms with Crippen LogP contribution < -0.4 is 15.0 Å². The van der Waals surface area contributed by atoms with E-state index in [4.69, 9.17) is 4.74 Å². The minimum absolute atomic E-state index is 0.0668. The van der Waals surface area contributed by atoms with Crippen LogP contribution in [0.15, 0.2) is 48.5 Å². The predicted octanol–water partition coefficient (Wildman–Crippen LogP) is 2.00. The van der Waals surface area contributed by atoms with Crippen molar-refractivity contribution >= 4 is 21.6 Å².